The molecule has 1 aromatic rings. The summed E-state index contributed by atoms with van der Waals surface area (Å²) >= 11 is 0. The summed E-state index contributed by atoms with van der Waals surface area (Å²) in [5.74, 6) is 1.50. The molecule has 1 aromatic carbocycles. The quantitative estimate of drug-likeness (QED) is 0.807. The topological polar surface area (TPSA) is 38.3 Å². The Hall–Kier alpha value is -1.51. The molecule has 0 atom stereocenters. The van der Waals surface area contributed by atoms with Crippen molar-refractivity contribution in [1.82, 2.24) is 5.32 Å². The van der Waals surface area contributed by atoms with Crippen molar-refractivity contribution < 1.29 is 9.53 Å². The number of carbonyl (C=O) groups is 1. The summed E-state index contributed by atoms with van der Waals surface area (Å²) in [4.78, 5) is 11.6. The van der Waals surface area contributed by atoms with E-state index in [0.29, 0.717) is 18.9 Å². The van der Waals surface area contributed by atoms with Crippen LogP contribution in [-0.2, 0) is 11.2 Å². The number of carbonyl (C=O) groups excluding carboxylic acids is 1. The molecule has 18 heavy (non-hydrogen) atoms. The third-order valence-electron chi connectivity index (χ3n) is 2.58. The first kappa shape index (κ1) is 14.6. The Bertz CT molecular complexity index is 357. The number of nitrogens with one attached hydrogen (secondary N) is 1. The van der Waals surface area contributed by atoms with Crippen LogP contribution in [0.25, 0.3) is 0 Å². The molecule has 0 saturated carbocycles. The Balaban J connectivity index is 2.32. The third-order valence-corrected chi connectivity index (χ3v) is 2.58. The molecule has 0 bridgehead atoms. The highest BCUT2D eigenvalue weighted by molar-refractivity contribution is 5.76. The monoisotopic (exact) mass is 249 g/mol. The zero-order chi connectivity index (χ0) is 13.4. The minimum atomic E-state index is 0.123. The summed E-state index contributed by atoms with van der Waals surface area (Å²) in [5, 5.41) is 2.92. The number of rotatable bonds is 7. The van der Waals surface area contributed by atoms with Crippen LogP contribution in [0, 0.1) is 5.92 Å². The zero-order valence-electron chi connectivity index (χ0n) is 11.5. The van der Waals surface area contributed by atoms with Crippen molar-refractivity contribution in [2.45, 2.75) is 33.6 Å². The van der Waals surface area contributed by atoms with Crippen LogP contribution in [-0.4, -0.2) is 19.1 Å². The van der Waals surface area contributed by atoms with Gasteiger partial charge in [0.15, 0.2) is 0 Å². The van der Waals surface area contributed by atoms with E-state index in [4.69, 9.17) is 4.74 Å². The van der Waals surface area contributed by atoms with Gasteiger partial charge in [-0.05, 0) is 37.0 Å². The van der Waals surface area contributed by atoms with Gasteiger partial charge in [0.05, 0.1) is 6.61 Å². The van der Waals surface area contributed by atoms with Crippen molar-refractivity contribution in [3.05, 3.63) is 29.8 Å². The van der Waals surface area contributed by atoms with Gasteiger partial charge in [0.2, 0.25) is 5.91 Å². The van der Waals surface area contributed by atoms with Crippen LogP contribution < -0.4 is 10.1 Å². The van der Waals surface area contributed by atoms with Gasteiger partial charge in [-0.2, -0.15) is 0 Å². The van der Waals surface area contributed by atoms with Crippen LogP contribution in [0.2, 0.25) is 0 Å². The molecule has 0 unspecified atom stereocenters. The highest BCUT2D eigenvalue weighted by atomic mass is 16.5. The van der Waals surface area contributed by atoms with E-state index in [1.54, 1.807) is 0 Å². The lowest BCUT2D eigenvalue weighted by atomic mass is 10.1. The van der Waals surface area contributed by atoms with Crippen molar-refractivity contribution in [1.29, 1.82) is 0 Å². The lowest BCUT2D eigenvalue weighted by molar-refractivity contribution is -0.121. The van der Waals surface area contributed by atoms with Crippen LogP contribution in [0.5, 0.6) is 5.75 Å². The minimum absolute atomic E-state index is 0.123. The van der Waals surface area contributed by atoms with Crippen molar-refractivity contribution in [2.24, 2.45) is 5.92 Å². The molecule has 0 aliphatic carbocycles. The molecule has 0 fully saturated rings. The first-order chi connectivity index (χ1) is 8.61. The predicted octanol–water partition coefficient (Wildman–Crippen LogP) is 2.79. The number of ether oxygens (including phenoxy) is 1. The lowest BCUT2D eigenvalue weighted by Crippen LogP contribution is -2.27. The second kappa shape index (κ2) is 7.75. The molecule has 0 aromatic heterocycles. The van der Waals surface area contributed by atoms with Gasteiger partial charge < -0.3 is 10.1 Å². The van der Waals surface area contributed by atoms with Gasteiger partial charge in [0.25, 0.3) is 0 Å². The maximum atomic E-state index is 11.6. The van der Waals surface area contributed by atoms with E-state index in [0.717, 1.165) is 24.3 Å². The first-order valence-corrected chi connectivity index (χ1v) is 6.60. The van der Waals surface area contributed by atoms with E-state index in [-0.39, 0.29) is 5.91 Å². The van der Waals surface area contributed by atoms with Gasteiger partial charge >= 0.3 is 0 Å². The predicted molar refractivity (Wildman–Crippen MR) is 73.8 cm³/mol. The van der Waals surface area contributed by atoms with Gasteiger partial charge in [0.1, 0.15) is 5.75 Å². The number of hydrogen-bond acceptors (Lipinski definition) is 2. The van der Waals surface area contributed by atoms with Gasteiger partial charge in [-0.15, -0.1) is 0 Å². The van der Waals surface area contributed by atoms with Crippen LogP contribution in [0.3, 0.4) is 0 Å². The molecule has 3 nitrogen and oxygen atoms in total. The normalized spacial score (nSPS) is 10.4. The summed E-state index contributed by atoms with van der Waals surface area (Å²) in [5.41, 5.74) is 1.16. The Labute approximate surface area is 110 Å². The smallest absolute Gasteiger partial charge is 0.220 e. The van der Waals surface area contributed by atoms with Crippen LogP contribution in [0.4, 0.5) is 0 Å². The van der Waals surface area contributed by atoms with Gasteiger partial charge in [-0.1, -0.05) is 26.0 Å². The molecule has 0 aliphatic heterocycles. The molecule has 1 N–H and O–H groups in total. The molecule has 3 heteroatoms. The maximum Gasteiger partial charge on any atom is 0.220 e. The van der Waals surface area contributed by atoms with Gasteiger partial charge in [-0.3, -0.25) is 4.79 Å². The summed E-state index contributed by atoms with van der Waals surface area (Å²) in [6.45, 7) is 7.57. The molecule has 1 rings (SSSR count). The second-order valence-corrected chi connectivity index (χ2v) is 4.77. The Morgan fingerprint density at radius 2 is 1.94 bits per heavy atom. The van der Waals surface area contributed by atoms with Crippen LogP contribution in [0.15, 0.2) is 24.3 Å². The van der Waals surface area contributed by atoms with E-state index in [9.17, 15) is 4.79 Å². The van der Waals surface area contributed by atoms with Crippen molar-refractivity contribution in [2.75, 3.05) is 13.2 Å². The van der Waals surface area contributed by atoms with Crippen molar-refractivity contribution >= 4 is 5.91 Å². The second-order valence-electron chi connectivity index (χ2n) is 4.77. The van der Waals surface area contributed by atoms with Gasteiger partial charge in [-0.25, -0.2) is 0 Å². The molecule has 100 valence electrons. The summed E-state index contributed by atoms with van der Waals surface area (Å²) in [7, 11) is 0. The lowest BCUT2D eigenvalue weighted by Gasteiger charge is -2.08. The molecule has 1 amide bonds. The summed E-state index contributed by atoms with van der Waals surface area (Å²) < 4.78 is 5.37. The summed E-state index contributed by atoms with van der Waals surface area (Å²) in [6.07, 6.45) is 1.32. The molecule has 0 heterocycles. The molecule has 0 aliphatic rings. The largest absolute Gasteiger partial charge is 0.494 e. The molecular weight excluding hydrogens is 226 g/mol. The SMILES string of the molecule is CCOc1ccc(CCC(=O)NCC(C)C)cc1. The molecule has 0 radical (unpaired) electrons. The van der Waals surface area contributed by atoms with E-state index in [1.807, 2.05) is 31.2 Å². The number of amides is 1. The highest BCUT2D eigenvalue weighted by Gasteiger charge is 2.03. The Kier molecular flexibility index (Phi) is 6.26. The van der Waals surface area contributed by atoms with E-state index < -0.39 is 0 Å². The van der Waals surface area contributed by atoms with Crippen LogP contribution in [0.1, 0.15) is 32.8 Å². The number of benzene rings is 1. The molecular formula is C15H23NO2. The minimum Gasteiger partial charge on any atom is -0.494 e. The Morgan fingerprint density at radius 1 is 1.28 bits per heavy atom. The van der Waals surface area contributed by atoms with Crippen molar-refractivity contribution in [3.63, 3.8) is 0 Å². The van der Waals surface area contributed by atoms with E-state index in [1.165, 1.54) is 0 Å². The van der Waals surface area contributed by atoms with E-state index in [2.05, 4.69) is 19.2 Å². The van der Waals surface area contributed by atoms with Gasteiger partial charge in [0, 0.05) is 13.0 Å². The number of hydrogen-bond donors (Lipinski definition) is 1. The average Bonchev–Trinajstić information content (AvgIpc) is 2.36. The van der Waals surface area contributed by atoms with Crippen molar-refractivity contribution in [3.8, 4) is 5.75 Å². The Morgan fingerprint density at radius 3 is 2.50 bits per heavy atom. The third kappa shape index (κ3) is 5.71. The zero-order valence-corrected chi connectivity index (χ0v) is 11.5. The summed E-state index contributed by atoms with van der Waals surface area (Å²) in [6, 6.07) is 7.93. The molecule has 0 saturated heterocycles. The fourth-order valence-electron chi connectivity index (χ4n) is 1.58. The average molecular weight is 249 g/mol. The fourth-order valence-corrected chi connectivity index (χ4v) is 1.58. The molecule has 0 spiro atoms. The van der Waals surface area contributed by atoms with Crippen LogP contribution >= 0.6 is 0 Å². The first-order valence-electron chi connectivity index (χ1n) is 6.60. The standard InChI is InChI=1S/C15H23NO2/c1-4-18-14-8-5-13(6-9-14)7-10-15(17)16-11-12(2)3/h5-6,8-9,12H,4,7,10-11H2,1-3H3,(H,16,17). The maximum absolute atomic E-state index is 11.6. The number of aryl methyl sites for hydroxylation is 1. The fraction of sp³-hybridized carbons (Fsp3) is 0.533. The van der Waals surface area contributed by atoms with E-state index >= 15 is 0 Å². The highest BCUT2D eigenvalue weighted by Crippen LogP contribution is 2.13.